The summed E-state index contributed by atoms with van der Waals surface area (Å²) < 4.78 is 11.1. The summed E-state index contributed by atoms with van der Waals surface area (Å²) in [6.07, 6.45) is 2.15. The van der Waals surface area contributed by atoms with E-state index in [-0.39, 0.29) is 5.91 Å². The van der Waals surface area contributed by atoms with Crippen molar-refractivity contribution in [2.75, 3.05) is 39.4 Å². The van der Waals surface area contributed by atoms with Crippen LogP contribution >= 0.6 is 0 Å². The van der Waals surface area contributed by atoms with Crippen molar-refractivity contribution in [1.29, 1.82) is 0 Å². The number of hydrogen-bond acceptors (Lipinski definition) is 4. The SMILES string of the molecule is CCNCC1CCN(C(=O)c2ccc3c(c2)OCCO3)CC1. The fraction of sp³-hybridized carbons (Fsp3) is 0.588. The molecule has 0 spiro atoms. The van der Waals surface area contributed by atoms with Gasteiger partial charge in [-0.15, -0.1) is 0 Å². The van der Waals surface area contributed by atoms with E-state index in [1.807, 2.05) is 23.1 Å². The number of ether oxygens (including phenoxy) is 2. The van der Waals surface area contributed by atoms with Crippen LogP contribution in [0.25, 0.3) is 0 Å². The maximum atomic E-state index is 12.6. The third-order valence-corrected chi connectivity index (χ3v) is 4.37. The molecule has 5 heteroatoms. The van der Waals surface area contributed by atoms with E-state index >= 15 is 0 Å². The smallest absolute Gasteiger partial charge is 0.253 e. The number of carbonyl (C=O) groups excluding carboxylic acids is 1. The van der Waals surface area contributed by atoms with Gasteiger partial charge in [-0.1, -0.05) is 6.92 Å². The molecule has 2 aliphatic heterocycles. The number of nitrogens with one attached hydrogen (secondary N) is 1. The highest BCUT2D eigenvalue weighted by Gasteiger charge is 2.24. The first kappa shape index (κ1) is 15.2. The Kier molecular flexibility index (Phi) is 4.83. The summed E-state index contributed by atoms with van der Waals surface area (Å²) in [4.78, 5) is 14.6. The number of hydrogen-bond donors (Lipinski definition) is 1. The first-order valence-electron chi connectivity index (χ1n) is 8.17. The van der Waals surface area contributed by atoms with Crippen LogP contribution in [0.3, 0.4) is 0 Å². The zero-order valence-corrected chi connectivity index (χ0v) is 13.1. The molecule has 0 aromatic heterocycles. The number of carbonyl (C=O) groups is 1. The van der Waals surface area contributed by atoms with Crippen molar-refractivity contribution in [3.05, 3.63) is 23.8 Å². The minimum atomic E-state index is 0.0962. The Morgan fingerprint density at radius 3 is 2.68 bits per heavy atom. The average molecular weight is 304 g/mol. The van der Waals surface area contributed by atoms with Crippen molar-refractivity contribution in [2.45, 2.75) is 19.8 Å². The Morgan fingerprint density at radius 2 is 1.95 bits per heavy atom. The standard InChI is InChI=1S/C17H24N2O3/c1-2-18-12-13-5-7-19(8-6-13)17(20)14-3-4-15-16(11-14)22-10-9-21-15/h3-4,11,13,18H,2,5-10,12H2,1H3. The molecule has 0 aliphatic carbocycles. The zero-order chi connectivity index (χ0) is 15.4. The summed E-state index contributed by atoms with van der Waals surface area (Å²) in [7, 11) is 0. The van der Waals surface area contributed by atoms with Gasteiger partial charge in [0, 0.05) is 18.7 Å². The molecule has 0 saturated carbocycles. The number of amides is 1. The Morgan fingerprint density at radius 1 is 1.23 bits per heavy atom. The first-order chi connectivity index (χ1) is 10.8. The molecule has 1 aromatic carbocycles. The van der Waals surface area contributed by atoms with Gasteiger partial charge in [-0.3, -0.25) is 4.79 Å². The van der Waals surface area contributed by atoms with Gasteiger partial charge in [0.05, 0.1) is 0 Å². The van der Waals surface area contributed by atoms with Crippen molar-refractivity contribution in [1.82, 2.24) is 10.2 Å². The summed E-state index contributed by atoms with van der Waals surface area (Å²) in [5, 5.41) is 3.39. The molecule has 3 rings (SSSR count). The lowest BCUT2D eigenvalue weighted by atomic mass is 9.96. The second-order valence-corrected chi connectivity index (χ2v) is 5.90. The Balaban J connectivity index is 1.60. The molecular formula is C17H24N2O3. The van der Waals surface area contributed by atoms with Crippen molar-refractivity contribution in [2.24, 2.45) is 5.92 Å². The van der Waals surface area contributed by atoms with Gasteiger partial charge < -0.3 is 19.7 Å². The van der Waals surface area contributed by atoms with Crippen molar-refractivity contribution < 1.29 is 14.3 Å². The molecule has 2 aliphatic rings. The van der Waals surface area contributed by atoms with Crippen LogP contribution in [-0.2, 0) is 0 Å². The second kappa shape index (κ2) is 7.01. The first-order valence-corrected chi connectivity index (χ1v) is 8.17. The molecule has 2 heterocycles. The summed E-state index contributed by atoms with van der Waals surface area (Å²) >= 11 is 0. The molecule has 22 heavy (non-hydrogen) atoms. The maximum absolute atomic E-state index is 12.6. The molecule has 1 amide bonds. The molecule has 120 valence electrons. The molecule has 1 N–H and O–H groups in total. The summed E-state index contributed by atoms with van der Waals surface area (Å²) in [6, 6.07) is 5.47. The van der Waals surface area contributed by atoms with Crippen LogP contribution in [0, 0.1) is 5.92 Å². The van der Waals surface area contributed by atoms with Crippen LogP contribution < -0.4 is 14.8 Å². The van der Waals surface area contributed by atoms with E-state index in [0.29, 0.717) is 30.4 Å². The van der Waals surface area contributed by atoms with Crippen molar-refractivity contribution in [3.8, 4) is 11.5 Å². The number of piperidine rings is 1. The van der Waals surface area contributed by atoms with E-state index in [1.165, 1.54) is 0 Å². The highest BCUT2D eigenvalue weighted by atomic mass is 16.6. The number of rotatable bonds is 4. The fourth-order valence-electron chi connectivity index (χ4n) is 3.05. The molecule has 0 unspecified atom stereocenters. The topological polar surface area (TPSA) is 50.8 Å². The van der Waals surface area contributed by atoms with Crippen LogP contribution in [0.15, 0.2) is 18.2 Å². The summed E-state index contributed by atoms with van der Waals surface area (Å²) in [5.74, 6) is 2.19. The number of benzene rings is 1. The summed E-state index contributed by atoms with van der Waals surface area (Å²) in [5.41, 5.74) is 0.689. The molecule has 5 nitrogen and oxygen atoms in total. The lowest BCUT2D eigenvalue weighted by Crippen LogP contribution is -2.40. The van der Waals surface area contributed by atoms with Gasteiger partial charge in [0.15, 0.2) is 11.5 Å². The van der Waals surface area contributed by atoms with Gasteiger partial charge >= 0.3 is 0 Å². The highest BCUT2D eigenvalue weighted by Crippen LogP contribution is 2.31. The van der Waals surface area contributed by atoms with Crippen molar-refractivity contribution >= 4 is 5.91 Å². The monoisotopic (exact) mass is 304 g/mol. The number of likely N-dealkylation sites (tertiary alicyclic amines) is 1. The predicted molar refractivity (Wildman–Crippen MR) is 84.6 cm³/mol. The van der Waals surface area contributed by atoms with E-state index in [4.69, 9.17) is 9.47 Å². The minimum absolute atomic E-state index is 0.0962. The highest BCUT2D eigenvalue weighted by molar-refractivity contribution is 5.95. The maximum Gasteiger partial charge on any atom is 0.253 e. The second-order valence-electron chi connectivity index (χ2n) is 5.90. The third kappa shape index (κ3) is 3.35. The van der Waals surface area contributed by atoms with Crippen LogP contribution in [-0.4, -0.2) is 50.2 Å². The van der Waals surface area contributed by atoms with Crippen LogP contribution in [0.4, 0.5) is 0 Å². The molecular weight excluding hydrogens is 280 g/mol. The largest absolute Gasteiger partial charge is 0.486 e. The lowest BCUT2D eigenvalue weighted by Gasteiger charge is -2.32. The van der Waals surface area contributed by atoms with E-state index in [0.717, 1.165) is 44.8 Å². The van der Waals surface area contributed by atoms with Gasteiger partial charge in [0.25, 0.3) is 5.91 Å². The molecule has 1 saturated heterocycles. The van der Waals surface area contributed by atoms with Gasteiger partial charge in [0.1, 0.15) is 13.2 Å². The number of nitrogens with zero attached hydrogens (tertiary/aromatic N) is 1. The Labute approximate surface area is 131 Å². The average Bonchev–Trinajstić information content (AvgIpc) is 2.59. The zero-order valence-electron chi connectivity index (χ0n) is 13.1. The van der Waals surface area contributed by atoms with Crippen LogP contribution in [0.5, 0.6) is 11.5 Å². The fourth-order valence-corrected chi connectivity index (χ4v) is 3.05. The molecule has 1 fully saturated rings. The lowest BCUT2D eigenvalue weighted by molar-refractivity contribution is 0.0689. The van der Waals surface area contributed by atoms with Crippen molar-refractivity contribution in [3.63, 3.8) is 0 Å². The molecule has 0 atom stereocenters. The third-order valence-electron chi connectivity index (χ3n) is 4.37. The molecule has 1 aromatic rings. The summed E-state index contributed by atoms with van der Waals surface area (Å²) in [6.45, 7) is 6.98. The minimum Gasteiger partial charge on any atom is -0.486 e. The van der Waals surface area contributed by atoms with E-state index < -0.39 is 0 Å². The van der Waals surface area contributed by atoms with E-state index in [9.17, 15) is 4.79 Å². The molecule has 0 bridgehead atoms. The van der Waals surface area contributed by atoms with Gasteiger partial charge in [-0.2, -0.15) is 0 Å². The normalized spacial score (nSPS) is 18.3. The van der Waals surface area contributed by atoms with E-state index in [1.54, 1.807) is 0 Å². The van der Waals surface area contributed by atoms with Crippen LogP contribution in [0.1, 0.15) is 30.1 Å². The Hall–Kier alpha value is -1.75. The quantitative estimate of drug-likeness (QED) is 0.923. The van der Waals surface area contributed by atoms with E-state index in [2.05, 4.69) is 12.2 Å². The molecule has 0 radical (unpaired) electrons. The number of fused-ring (bicyclic) bond motifs is 1. The Bertz CT molecular complexity index is 525. The van der Waals surface area contributed by atoms with Gasteiger partial charge in [-0.05, 0) is 50.0 Å². The van der Waals surface area contributed by atoms with Gasteiger partial charge in [-0.25, -0.2) is 0 Å². The van der Waals surface area contributed by atoms with Gasteiger partial charge in [0.2, 0.25) is 0 Å². The predicted octanol–water partition coefficient (Wildman–Crippen LogP) is 1.92. The van der Waals surface area contributed by atoms with Crippen LogP contribution in [0.2, 0.25) is 0 Å².